The molecule has 0 radical (unpaired) electrons. The van der Waals surface area contributed by atoms with E-state index in [0.29, 0.717) is 0 Å². The smallest absolute Gasteiger partial charge is 0.368 e. The Bertz CT molecular complexity index is 455. The zero-order valence-electron chi connectivity index (χ0n) is 8.71. The predicted octanol–water partition coefficient (Wildman–Crippen LogP) is -0.0339. The summed E-state index contributed by atoms with van der Waals surface area (Å²) in [5.74, 6) is -1.10. The van der Waals surface area contributed by atoms with Crippen LogP contribution in [0.1, 0.15) is 26.8 Å². The molecule has 0 saturated carbocycles. The average molecular weight is 212 g/mol. The third-order valence-electron chi connectivity index (χ3n) is 1.77. The van der Waals surface area contributed by atoms with Crippen molar-refractivity contribution in [2.75, 3.05) is 0 Å². The summed E-state index contributed by atoms with van der Waals surface area (Å²) in [7, 11) is 0. The number of carboxylic acid groups (broad SMARTS) is 1. The molecule has 15 heavy (non-hydrogen) atoms. The van der Waals surface area contributed by atoms with E-state index in [1.807, 2.05) is 0 Å². The predicted molar refractivity (Wildman–Crippen MR) is 52.2 cm³/mol. The lowest BCUT2D eigenvalue weighted by molar-refractivity contribution is -0.132. The molecule has 7 nitrogen and oxygen atoms in total. The highest BCUT2D eigenvalue weighted by Crippen LogP contribution is 1.96. The van der Waals surface area contributed by atoms with Crippen LogP contribution in [-0.4, -0.2) is 30.9 Å². The minimum Gasteiger partial charge on any atom is -0.478 e. The van der Waals surface area contributed by atoms with Gasteiger partial charge in [-0.1, -0.05) is 0 Å². The van der Waals surface area contributed by atoms with Gasteiger partial charge < -0.3 is 5.11 Å². The molecule has 0 spiro atoms. The highest BCUT2D eigenvalue weighted by Gasteiger charge is 2.09. The maximum absolute atomic E-state index is 11.5. The maximum Gasteiger partial charge on any atom is 0.368 e. The van der Waals surface area contributed by atoms with Crippen LogP contribution in [0.5, 0.6) is 0 Å². The standard InChI is InChI=1S/C8H12N4O3/c1-5(2)12-8(15)11(9-10-12)4-6(3)7(13)14/h4-5H,1-3H3,(H,13,14)/b6-4+. The molecule has 0 aromatic carbocycles. The Morgan fingerprint density at radius 3 is 2.47 bits per heavy atom. The van der Waals surface area contributed by atoms with Gasteiger partial charge in [0.2, 0.25) is 0 Å². The summed E-state index contributed by atoms with van der Waals surface area (Å²) in [4.78, 5) is 22.0. The number of nitrogens with zero attached hydrogens (tertiary/aromatic N) is 4. The maximum atomic E-state index is 11.5. The number of aliphatic carboxylic acids is 1. The summed E-state index contributed by atoms with van der Waals surface area (Å²) in [5.41, 5.74) is -0.432. The first-order valence-electron chi connectivity index (χ1n) is 4.39. The van der Waals surface area contributed by atoms with Gasteiger partial charge in [0.05, 0.1) is 11.6 Å². The van der Waals surface area contributed by atoms with Crippen molar-refractivity contribution in [2.24, 2.45) is 0 Å². The second-order valence-corrected chi connectivity index (χ2v) is 3.36. The molecule has 0 amide bonds. The van der Waals surface area contributed by atoms with Gasteiger partial charge >= 0.3 is 11.7 Å². The Kier molecular flexibility index (Phi) is 3.03. The van der Waals surface area contributed by atoms with E-state index in [1.54, 1.807) is 13.8 Å². The van der Waals surface area contributed by atoms with Crippen LogP contribution in [0.3, 0.4) is 0 Å². The van der Waals surface area contributed by atoms with E-state index in [4.69, 9.17) is 5.11 Å². The highest BCUT2D eigenvalue weighted by atomic mass is 16.4. The van der Waals surface area contributed by atoms with Crippen molar-refractivity contribution >= 4 is 12.2 Å². The quantitative estimate of drug-likeness (QED) is 0.710. The van der Waals surface area contributed by atoms with Gasteiger partial charge in [-0.15, -0.1) is 0 Å². The molecule has 0 aliphatic carbocycles. The minimum atomic E-state index is -1.10. The molecule has 7 heteroatoms. The van der Waals surface area contributed by atoms with E-state index in [-0.39, 0.29) is 11.6 Å². The number of rotatable bonds is 3. The van der Waals surface area contributed by atoms with Crippen molar-refractivity contribution in [3.05, 3.63) is 16.1 Å². The molecule has 0 aliphatic rings. The van der Waals surface area contributed by atoms with Crippen LogP contribution in [0.15, 0.2) is 10.4 Å². The van der Waals surface area contributed by atoms with Gasteiger partial charge in [-0.05, 0) is 31.2 Å². The number of carbonyl (C=O) groups is 1. The molecule has 1 N–H and O–H groups in total. The van der Waals surface area contributed by atoms with Crippen molar-refractivity contribution < 1.29 is 9.90 Å². The molecular formula is C8H12N4O3. The molecule has 0 atom stereocenters. The van der Waals surface area contributed by atoms with Gasteiger partial charge in [-0.3, -0.25) is 0 Å². The lowest BCUT2D eigenvalue weighted by atomic mass is 10.3. The fourth-order valence-corrected chi connectivity index (χ4v) is 0.912. The summed E-state index contributed by atoms with van der Waals surface area (Å²) in [5, 5.41) is 15.8. The Balaban J connectivity index is 3.14. The Hall–Kier alpha value is -1.92. The molecule has 0 unspecified atom stereocenters. The van der Waals surface area contributed by atoms with Crippen molar-refractivity contribution in [3.8, 4) is 0 Å². The van der Waals surface area contributed by atoms with E-state index in [9.17, 15) is 9.59 Å². The second-order valence-electron chi connectivity index (χ2n) is 3.36. The molecular weight excluding hydrogens is 200 g/mol. The largest absolute Gasteiger partial charge is 0.478 e. The third kappa shape index (κ3) is 2.30. The van der Waals surface area contributed by atoms with E-state index >= 15 is 0 Å². The van der Waals surface area contributed by atoms with Crippen molar-refractivity contribution in [3.63, 3.8) is 0 Å². The number of carboxylic acids is 1. The molecule has 0 fully saturated rings. The van der Waals surface area contributed by atoms with Crippen LogP contribution in [-0.2, 0) is 4.79 Å². The van der Waals surface area contributed by atoms with Crippen molar-refractivity contribution in [1.29, 1.82) is 0 Å². The third-order valence-corrected chi connectivity index (χ3v) is 1.77. The summed E-state index contributed by atoms with van der Waals surface area (Å²) >= 11 is 0. The molecule has 1 aromatic heterocycles. The first-order valence-corrected chi connectivity index (χ1v) is 4.39. The Morgan fingerprint density at radius 2 is 2.07 bits per heavy atom. The van der Waals surface area contributed by atoms with Gasteiger partial charge in [0.1, 0.15) is 0 Å². The minimum absolute atomic E-state index is 0.0212. The summed E-state index contributed by atoms with van der Waals surface area (Å²) < 4.78 is 2.08. The van der Waals surface area contributed by atoms with Gasteiger partial charge in [0.25, 0.3) is 0 Å². The number of hydrogen-bond acceptors (Lipinski definition) is 4. The first kappa shape index (κ1) is 11.2. The van der Waals surface area contributed by atoms with Gasteiger partial charge in [0, 0.05) is 6.20 Å². The van der Waals surface area contributed by atoms with Crippen LogP contribution < -0.4 is 5.69 Å². The summed E-state index contributed by atoms with van der Waals surface area (Å²) in [6, 6.07) is -0.107. The van der Waals surface area contributed by atoms with Gasteiger partial charge in [-0.2, -0.15) is 9.36 Å². The van der Waals surface area contributed by atoms with Gasteiger partial charge in [0.15, 0.2) is 0 Å². The molecule has 82 valence electrons. The van der Waals surface area contributed by atoms with E-state index in [2.05, 4.69) is 10.4 Å². The first-order chi connectivity index (χ1) is 6.93. The Labute approximate surface area is 85.6 Å². The molecule has 0 bridgehead atoms. The van der Waals surface area contributed by atoms with Crippen molar-refractivity contribution in [2.45, 2.75) is 26.8 Å². The molecule has 1 aromatic rings. The Morgan fingerprint density at radius 1 is 1.47 bits per heavy atom. The van der Waals surface area contributed by atoms with Crippen LogP contribution >= 0.6 is 0 Å². The van der Waals surface area contributed by atoms with Crippen molar-refractivity contribution in [1.82, 2.24) is 19.8 Å². The molecule has 0 aliphatic heterocycles. The lowest BCUT2D eigenvalue weighted by Crippen LogP contribution is -2.24. The zero-order chi connectivity index (χ0) is 11.6. The monoisotopic (exact) mass is 212 g/mol. The SMILES string of the molecule is C/C(=C\n1nnn(C(C)C)c1=O)C(=O)O. The number of hydrogen-bond donors (Lipinski definition) is 1. The van der Waals surface area contributed by atoms with Crippen LogP contribution in [0.2, 0.25) is 0 Å². The fraction of sp³-hybridized carbons (Fsp3) is 0.500. The van der Waals surface area contributed by atoms with Gasteiger partial charge in [-0.25, -0.2) is 9.59 Å². The lowest BCUT2D eigenvalue weighted by Gasteiger charge is -1.98. The zero-order valence-corrected chi connectivity index (χ0v) is 8.71. The fourth-order valence-electron chi connectivity index (χ4n) is 0.912. The molecule has 0 saturated heterocycles. The van der Waals surface area contributed by atoms with Crippen LogP contribution in [0.4, 0.5) is 0 Å². The highest BCUT2D eigenvalue weighted by molar-refractivity contribution is 5.89. The number of aromatic nitrogens is 4. The average Bonchev–Trinajstić information content (AvgIpc) is 2.48. The normalized spacial score (nSPS) is 12.1. The van der Waals surface area contributed by atoms with Crippen LogP contribution in [0.25, 0.3) is 6.20 Å². The van der Waals surface area contributed by atoms with E-state index in [0.717, 1.165) is 10.9 Å². The second kappa shape index (κ2) is 4.07. The van der Waals surface area contributed by atoms with E-state index in [1.165, 1.54) is 11.6 Å². The molecule has 1 rings (SSSR count). The number of tetrazole rings is 1. The summed E-state index contributed by atoms with van der Waals surface area (Å²) in [6.45, 7) is 4.95. The topological polar surface area (TPSA) is 90.0 Å². The molecule has 1 heterocycles. The summed E-state index contributed by atoms with van der Waals surface area (Å²) in [6.07, 6.45) is 1.14. The van der Waals surface area contributed by atoms with Crippen LogP contribution in [0, 0.1) is 0 Å². The van der Waals surface area contributed by atoms with E-state index < -0.39 is 11.7 Å².